The summed E-state index contributed by atoms with van der Waals surface area (Å²) in [5, 5.41) is 14.3. The van der Waals surface area contributed by atoms with Crippen molar-refractivity contribution in [1.82, 2.24) is 34.3 Å². The Labute approximate surface area is 264 Å². The molecule has 0 aliphatic carbocycles. The maximum Gasteiger partial charge on any atom is 0.138 e. The molecule has 10 heteroatoms. The van der Waals surface area contributed by atoms with Gasteiger partial charge >= 0.3 is 0 Å². The first kappa shape index (κ1) is 28.4. The van der Waals surface area contributed by atoms with Crippen LogP contribution in [0.25, 0.3) is 16.6 Å². The molecule has 232 valence electrons. The summed E-state index contributed by atoms with van der Waals surface area (Å²) in [4.78, 5) is 19.3. The molecule has 5 saturated heterocycles. The van der Waals surface area contributed by atoms with Crippen LogP contribution in [-0.4, -0.2) is 105 Å². The molecule has 0 spiro atoms. The number of hydrogen-bond donors (Lipinski definition) is 0. The second kappa shape index (κ2) is 11.7. The number of nitrogens with zero attached hydrogens (tertiary/aromatic N) is 9. The molecule has 5 aliphatic rings. The van der Waals surface area contributed by atoms with Gasteiger partial charge in [0.25, 0.3) is 0 Å². The summed E-state index contributed by atoms with van der Waals surface area (Å²) in [6, 6.07) is 15.9. The molecule has 10 nitrogen and oxygen atoms in total. The van der Waals surface area contributed by atoms with Crippen molar-refractivity contribution in [2.45, 2.75) is 68.9 Å². The van der Waals surface area contributed by atoms with E-state index in [4.69, 9.17) is 9.72 Å². The van der Waals surface area contributed by atoms with Crippen molar-refractivity contribution >= 4 is 11.3 Å². The molecule has 0 saturated carbocycles. The Morgan fingerprint density at radius 1 is 0.978 bits per heavy atom. The van der Waals surface area contributed by atoms with Crippen LogP contribution >= 0.6 is 0 Å². The fraction of sp³-hybridized carbons (Fsp3) is 0.486. The maximum atomic E-state index is 9.84. The summed E-state index contributed by atoms with van der Waals surface area (Å²) in [6.07, 6.45) is 15.6. The number of ether oxygens (including phenoxy) is 1. The van der Waals surface area contributed by atoms with E-state index in [2.05, 4.69) is 68.0 Å². The molecule has 5 aliphatic heterocycles. The average Bonchev–Trinajstić information content (AvgIpc) is 3.59. The summed E-state index contributed by atoms with van der Waals surface area (Å²) in [6.45, 7) is 4.47. The van der Waals surface area contributed by atoms with E-state index in [0.717, 1.165) is 54.4 Å². The molecule has 9 rings (SSSR count). The van der Waals surface area contributed by atoms with Crippen molar-refractivity contribution in [3.05, 3.63) is 72.4 Å². The van der Waals surface area contributed by atoms with Gasteiger partial charge in [-0.1, -0.05) is 6.07 Å². The topological polar surface area (TPSA) is 89.1 Å². The van der Waals surface area contributed by atoms with Gasteiger partial charge in [-0.25, -0.2) is 9.50 Å². The largest absolute Gasteiger partial charge is 0.491 e. The minimum atomic E-state index is 0.540. The van der Waals surface area contributed by atoms with Gasteiger partial charge in [0.1, 0.15) is 24.2 Å². The van der Waals surface area contributed by atoms with Gasteiger partial charge in [-0.2, -0.15) is 10.4 Å². The Morgan fingerprint density at radius 3 is 2.49 bits per heavy atom. The molecule has 5 atom stereocenters. The number of hydrogen-bond acceptors (Lipinski definition) is 9. The lowest BCUT2D eigenvalue weighted by Crippen LogP contribution is -2.68. The summed E-state index contributed by atoms with van der Waals surface area (Å²) < 4.78 is 8.15. The van der Waals surface area contributed by atoms with Crippen LogP contribution in [0.3, 0.4) is 0 Å². The molecule has 9 heterocycles. The van der Waals surface area contributed by atoms with Crippen molar-refractivity contribution in [3.63, 3.8) is 0 Å². The standard InChI is InChI=1S/C35H41N9O/c1-40(2)29-12-27-6-7-28(13-29)42(27)10-11-45-32-15-33(35-26(16-36)19-39-44(35)23-32)25-5-8-34(38-18-25)41-21-30-14-31(22-41)43(30)20-24-4-3-9-37-17-24/h3-5,8-9,15,17-19,23,27-31H,6-7,10-14,20-22H2,1-2H3/t27-,28+,29?,30?,31?. The van der Waals surface area contributed by atoms with Crippen molar-refractivity contribution in [1.29, 1.82) is 5.26 Å². The molecule has 0 aromatic carbocycles. The number of nitriles is 1. The third-order valence-electron chi connectivity index (χ3n) is 10.7. The lowest BCUT2D eigenvalue weighted by Gasteiger charge is -2.56. The van der Waals surface area contributed by atoms with E-state index < -0.39 is 0 Å². The van der Waals surface area contributed by atoms with Crippen molar-refractivity contribution < 1.29 is 4.74 Å². The highest BCUT2D eigenvalue weighted by Crippen LogP contribution is 2.38. The third-order valence-corrected chi connectivity index (χ3v) is 10.7. The molecule has 5 fully saturated rings. The Balaban J connectivity index is 0.961. The number of aromatic nitrogens is 4. The Bertz CT molecular complexity index is 1670. The summed E-state index contributed by atoms with van der Waals surface area (Å²) in [5.41, 5.74) is 4.47. The van der Waals surface area contributed by atoms with Crippen LogP contribution in [0.2, 0.25) is 0 Å². The van der Waals surface area contributed by atoms with Crippen LogP contribution in [0.15, 0.2) is 61.3 Å². The number of anilines is 1. The molecule has 0 radical (unpaired) electrons. The minimum absolute atomic E-state index is 0.540. The quantitative estimate of drug-likeness (QED) is 0.281. The van der Waals surface area contributed by atoms with Gasteiger partial charge in [-0.05, 0) is 76.0 Å². The maximum absolute atomic E-state index is 9.84. The Hall–Kier alpha value is -4.04. The molecular weight excluding hydrogens is 562 g/mol. The van der Waals surface area contributed by atoms with Crippen LogP contribution in [0.1, 0.15) is 43.2 Å². The first-order chi connectivity index (χ1) is 22.0. The van der Waals surface area contributed by atoms with Gasteiger partial charge in [-0.3, -0.25) is 14.8 Å². The van der Waals surface area contributed by atoms with Crippen LogP contribution in [0.4, 0.5) is 5.82 Å². The van der Waals surface area contributed by atoms with Gasteiger partial charge < -0.3 is 14.5 Å². The highest BCUT2D eigenvalue weighted by atomic mass is 16.5. The van der Waals surface area contributed by atoms with Crippen LogP contribution < -0.4 is 9.64 Å². The Morgan fingerprint density at radius 2 is 1.80 bits per heavy atom. The average molecular weight is 604 g/mol. The fourth-order valence-corrected chi connectivity index (χ4v) is 8.35. The fourth-order valence-electron chi connectivity index (χ4n) is 8.35. The molecule has 45 heavy (non-hydrogen) atoms. The van der Waals surface area contributed by atoms with Crippen molar-refractivity contribution in [2.24, 2.45) is 0 Å². The number of pyridine rings is 3. The minimum Gasteiger partial charge on any atom is -0.491 e. The summed E-state index contributed by atoms with van der Waals surface area (Å²) >= 11 is 0. The smallest absolute Gasteiger partial charge is 0.138 e. The van der Waals surface area contributed by atoms with E-state index in [1.807, 2.05) is 36.9 Å². The molecule has 4 aromatic rings. The van der Waals surface area contributed by atoms with E-state index in [1.54, 1.807) is 10.7 Å². The van der Waals surface area contributed by atoms with Gasteiger partial charge in [0.05, 0.1) is 23.5 Å². The van der Waals surface area contributed by atoms with E-state index >= 15 is 0 Å². The predicted octanol–water partition coefficient (Wildman–Crippen LogP) is 4.06. The number of fused-ring (bicyclic) bond motifs is 5. The number of piperidine rings is 2. The SMILES string of the molecule is CN(C)C1C[C@H]2CC[C@@H](C1)N2CCOc1cc(-c2ccc(N3CC4CC(C3)N4Cc3cccnc3)nc2)c2c(C#N)cnn2c1. The molecule has 4 aromatic heterocycles. The predicted molar refractivity (Wildman–Crippen MR) is 173 cm³/mol. The van der Waals surface area contributed by atoms with Crippen LogP contribution in [-0.2, 0) is 6.54 Å². The lowest BCUT2D eigenvalue weighted by molar-refractivity contribution is -0.00875. The second-order valence-corrected chi connectivity index (χ2v) is 13.5. The van der Waals surface area contributed by atoms with Gasteiger partial charge in [0, 0.05) is 86.1 Å². The lowest BCUT2D eigenvalue weighted by atomic mass is 9.87. The van der Waals surface area contributed by atoms with E-state index in [1.165, 1.54) is 37.7 Å². The third kappa shape index (κ3) is 5.33. The van der Waals surface area contributed by atoms with Gasteiger partial charge in [-0.15, -0.1) is 0 Å². The highest BCUT2D eigenvalue weighted by molar-refractivity contribution is 5.85. The van der Waals surface area contributed by atoms with E-state index in [-0.39, 0.29) is 0 Å². The highest BCUT2D eigenvalue weighted by Gasteiger charge is 2.45. The van der Waals surface area contributed by atoms with E-state index in [9.17, 15) is 5.26 Å². The zero-order valence-corrected chi connectivity index (χ0v) is 26.2. The first-order valence-corrected chi connectivity index (χ1v) is 16.4. The van der Waals surface area contributed by atoms with Gasteiger partial charge in [0.15, 0.2) is 0 Å². The number of piperazine rings is 1. The number of rotatable bonds is 9. The Kier molecular flexibility index (Phi) is 7.40. The first-order valence-electron chi connectivity index (χ1n) is 16.4. The van der Waals surface area contributed by atoms with E-state index in [0.29, 0.717) is 42.4 Å². The second-order valence-electron chi connectivity index (χ2n) is 13.5. The zero-order chi connectivity index (χ0) is 30.5. The normalized spacial score (nSPS) is 26.3. The van der Waals surface area contributed by atoms with Crippen LogP contribution in [0, 0.1) is 11.3 Å². The molecule has 0 amide bonds. The van der Waals surface area contributed by atoms with Crippen molar-refractivity contribution in [2.75, 3.05) is 45.2 Å². The summed E-state index contributed by atoms with van der Waals surface area (Å²) in [7, 11) is 4.42. The molecule has 0 N–H and O–H groups in total. The van der Waals surface area contributed by atoms with Crippen molar-refractivity contribution in [3.8, 4) is 22.9 Å². The monoisotopic (exact) mass is 603 g/mol. The van der Waals surface area contributed by atoms with Crippen LogP contribution in [0.5, 0.6) is 5.75 Å². The molecular formula is C35H41N9O. The summed E-state index contributed by atoms with van der Waals surface area (Å²) in [5.74, 6) is 1.76. The molecule has 4 bridgehead atoms. The molecule has 3 unspecified atom stereocenters. The zero-order valence-electron chi connectivity index (χ0n) is 26.2. The van der Waals surface area contributed by atoms with Gasteiger partial charge in [0.2, 0.25) is 0 Å².